The molecule has 30 heavy (non-hydrogen) atoms. The Bertz CT molecular complexity index is 1190. The van der Waals surface area contributed by atoms with E-state index in [1.807, 2.05) is 13.0 Å². The normalized spacial score (nSPS) is 11.6. The minimum Gasteiger partial charge on any atom is -0.494 e. The first-order chi connectivity index (χ1) is 14.4. The highest BCUT2D eigenvalue weighted by molar-refractivity contribution is 9.10. The summed E-state index contributed by atoms with van der Waals surface area (Å²) in [6.07, 6.45) is 0. The average molecular weight is 469 g/mol. The van der Waals surface area contributed by atoms with Gasteiger partial charge in [0, 0.05) is 12.1 Å². The molecular weight excluding hydrogens is 444 g/mol. The van der Waals surface area contributed by atoms with Crippen molar-refractivity contribution in [3.8, 4) is 17.1 Å². The summed E-state index contributed by atoms with van der Waals surface area (Å²) in [5, 5.41) is 12.3. The van der Waals surface area contributed by atoms with Crippen LogP contribution in [0.3, 0.4) is 0 Å². The zero-order valence-electron chi connectivity index (χ0n) is 17.8. The van der Waals surface area contributed by atoms with E-state index in [9.17, 15) is 0 Å². The van der Waals surface area contributed by atoms with E-state index in [-0.39, 0.29) is 0 Å². The van der Waals surface area contributed by atoms with Gasteiger partial charge in [0.15, 0.2) is 5.82 Å². The lowest BCUT2D eigenvalue weighted by Crippen LogP contribution is -2.06. The van der Waals surface area contributed by atoms with E-state index in [0.717, 1.165) is 44.8 Å². The molecule has 8 heteroatoms. The zero-order chi connectivity index (χ0) is 21.4. The molecule has 0 bridgehead atoms. The van der Waals surface area contributed by atoms with Crippen molar-refractivity contribution in [2.24, 2.45) is 0 Å². The summed E-state index contributed by atoms with van der Waals surface area (Å²) < 4.78 is 8.88. The Morgan fingerprint density at radius 1 is 1.17 bits per heavy atom. The molecule has 0 radical (unpaired) electrons. The molecule has 2 aromatic carbocycles. The highest BCUT2D eigenvalue weighted by Gasteiger charge is 2.21. The molecule has 4 rings (SSSR count). The fourth-order valence-corrected chi connectivity index (χ4v) is 4.17. The molecule has 0 saturated carbocycles. The summed E-state index contributed by atoms with van der Waals surface area (Å²) in [7, 11) is 1.69. The van der Waals surface area contributed by atoms with E-state index in [0.29, 0.717) is 18.3 Å². The van der Waals surface area contributed by atoms with Gasteiger partial charge in [0.1, 0.15) is 22.6 Å². The molecule has 0 saturated heterocycles. The van der Waals surface area contributed by atoms with Crippen molar-refractivity contribution >= 4 is 27.0 Å². The second-order valence-electron chi connectivity index (χ2n) is 7.57. The Hall–Kier alpha value is -2.74. The molecule has 0 aliphatic carbocycles. The number of fused-ring (bicyclic) bond motifs is 1. The summed E-state index contributed by atoms with van der Waals surface area (Å²) in [5.41, 5.74) is 5.22. The number of methoxy groups -OCH3 is 1. The van der Waals surface area contributed by atoms with Crippen LogP contribution in [0.15, 0.2) is 34.8 Å². The second kappa shape index (κ2) is 8.18. The first-order valence-electron chi connectivity index (χ1n) is 10.0. The summed E-state index contributed by atoms with van der Waals surface area (Å²) in [6.45, 7) is 9.60. The number of aromatic nitrogens is 6. The summed E-state index contributed by atoms with van der Waals surface area (Å²) >= 11 is 3.77. The number of nitrogens with zero attached hydrogens (tertiary/aromatic N) is 6. The predicted octanol–water partition coefficient (Wildman–Crippen LogP) is 4.96. The largest absolute Gasteiger partial charge is 0.494 e. The molecule has 2 heterocycles. The number of hydrogen-bond acceptors (Lipinski definition) is 5. The van der Waals surface area contributed by atoms with Gasteiger partial charge < -0.3 is 9.30 Å². The van der Waals surface area contributed by atoms with E-state index in [1.165, 1.54) is 5.56 Å². The lowest BCUT2D eigenvalue weighted by Gasteiger charge is -2.12. The van der Waals surface area contributed by atoms with Gasteiger partial charge in [-0.25, -0.2) is 4.98 Å². The molecule has 7 nitrogen and oxygen atoms in total. The number of aryl methyl sites for hydroxylation is 2. The maximum Gasteiger partial charge on any atom is 0.171 e. The molecule has 0 atom stereocenters. The first-order valence-corrected chi connectivity index (χ1v) is 10.8. The highest BCUT2D eigenvalue weighted by atomic mass is 79.9. The second-order valence-corrected chi connectivity index (χ2v) is 8.37. The molecule has 0 amide bonds. The molecule has 2 aromatic heterocycles. The van der Waals surface area contributed by atoms with E-state index in [1.54, 1.807) is 11.9 Å². The summed E-state index contributed by atoms with van der Waals surface area (Å²) in [4.78, 5) is 6.59. The van der Waals surface area contributed by atoms with Crippen molar-refractivity contribution in [2.75, 3.05) is 7.11 Å². The quantitative estimate of drug-likeness (QED) is 0.399. The van der Waals surface area contributed by atoms with Crippen LogP contribution in [0.1, 0.15) is 43.6 Å². The Balaban J connectivity index is 1.87. The highest BCUT2D eigenvalue weighted by Crippen LogP contribution is 2.38. The van der Waals surface area contributed by atoms with Crippen molar-refractivity contribution in [2.45, 2.75) is 46.7 Å². The maximum atomic E-state index is 5.76. The smallest absolute Gasteiger partial charge is 0.171 e. The molecule has 0 fully saturated rings. The van der Waals surface area contributed by atoms with E-state index in [4.69, 9.17) is 9.72 Å². The number of rotatable bonds is 6. The van der Waals surface area contributed by atoms with Crippen LogP contribution in [0, 0.1) is 6.92 Å². The van der Waals surface area contributed by atoms with Crippen LogP contribution < -0.4 is 4.74 Å². The Kier molecular flexibility index (Phi) is 5.60. The number of halogens is 1. The molecule has 156 valence electrons. The van der Waals surface area contributed by atoms with Crippen LogP contribution in [0.5, 0.6) is 5.75 Å². The Morgan fingerprint density at radius 2 is 1.90 bits per heavy atom. The van der Waals surface area contributed by atoms with Gasteiger partial charge in [0.05, 0.1) is 18.1 Å². The minimum atomic E-state index is 0.477. The van der Waals surface area contributed by atoms with Crippen molar-refractivity contribution in [1.29, 1.82) is 0 Å². The van der Waals surface area contributed by atoms with Crippen LogP contribution in [-0.2, 0) is 13.1 Å². The lowest BCUT2D eigenvalue weighted by molar-refractivity contribution is 0.416. The number of tetrazole rings is 1. The molecular formula is C22H25BrN6O. The van der Waals surface area contributed by atoms with Gasteiger partial charge in [0.2, 0.25) is 0 Å². The molecule has 0 aliphatic heterocycles. The van der Waals surface area contributed by atoms with Crippen LogP contribution in [0.25, 0.3) is 22.4 Å². The van der Waals surface area contributed by atoms with E-state index >= 15 is 0 Å². The van der Waals surface area contributed by atoms with Gasteiger partial charge in [-0.2, -0.15) is 4.80 Å². The number of hydrogen-bond donors (Lipinski definition) is 0. The lowest BCUT2D eigenvalue weighted by atomic mass is 10.0. The van der Waals surface area contributed by atoms with Crippen LogP contribution in [-0.4, -0.2) is 36.9 Å². The van der Waals surface area contributed by atoms with Crippen molar-refractivity contribution in [3.05, 3.63) is 51.8 Å². The van der Waals surface area contributed by atoms with Crippen molar-refractivity contribution < 1.29 is 4.74 Å². The topological polar surface area (TPSA) is 70.7 Å². The number of benzene rings is 2. The zero-order valence-corrected chi connectivity index (χ0v) is 19.4. The van der Waals surface area contributed by atoms with Gasteiger partial charge >= 0.3 is 0 Å². The monoisotopic (exact) mass is 468 g/mol. The fraction of sp³-hybridized carbons (Fsp3) is 0.364. The number of imidazole rings is 1. The third-order valence-corrected chi connectivity index (χ3v) is 6.12. The SMILES string of the molecule is CCn1c(-c2ccc(C(C)C)cc2)nc2c(Br)c(Cn3nnc(C)n3)cc(OC)c21. The van der Waals surface area contributed by atoms with Crippen molar-refractivity contribution in [1.82, 2.24) is 29.8 Å². The summed E-state index contributed by atoms with van der Waals surface area (Å²) in [5.74, 6) is 2.84. The van der Waals surface area contributed by atoms with Gasteiger partial charge in [-0.15, -0.1) is 10.2 Å². The third kappa shape index (κ3) is 3.60. The van der Waals surface area contributed by atoms with E-state index in [2.05, 4.69) is 80.9 Å². The van der Waals surface area contributed by atoms with Crippen LogP contribution >= 0.6 is 15.9 Å². The van der Waals surface area contributed by atoms with Gasteiger partial charge in [-0.05, 0) is 58.1 Å². The standard InChI is InChI=1S/C22H25BrN6O/c1-6-28-21-18(30-5)11-17(12-29-26-14(4)25-27-29)19(23)20(21)24-22(28)16-9-7-15(8-10-16)13(2)3/h7-11,13H,6,12H2,1-5H3. The van der Waals surface area contributed by atoms with Gasteiger partial charge in [-0.3, -0.25) is 0 Å². The molecule has 0 spiro atoms. The van der Waals surface area contributed by atoms with Crippen LogP contribution in [0.4, 0.5) is 0 Å². The molecule has 0 N–H and O–H groups in total. The van der Waals surface area contributed by atoms with Crippen LogP contribution in [0.2, 0.25) is 0 Å². The minimum absolute atomic E-state index is 0.477. The maximum absolute atomic E-state index is 5.76. The Labute approximate surface area is 184 Å². The fourth-order valence-electron chi connectivity index (χ4n) is 3.66. The predicted molar refractivity (Wildman–Crippen MR) is 121 cm³/mol. The average Bonchev–Trinajstić information content (AvgIpc) is 3.33. The first kappa shape index (κ1) is 20.5. The molecule has 0 aliphatic rings. The molecule has 0 unspecified atom stereocenters. The Morgan fingerprint density at radius 3 is 2.47 bits per heavy atom. The molecule has 4 aromatic rings. The van der Waals surface area contributed by atoms with Gasteiger partial charge in [-0.1, -0.05) is 38.1 Å². The van der Waals surface area contributed by atoms with E-state index < -0.39 is 0 Å². The van der Waals surface area contributed by atoms with Crippen molar-refractivity contribution in [3.63, 3.8) is 0 Å². The number of ether oxygens (including phenoxy) is 1. The third-order valence-electron chi connectivity index (χ3n) is 5.23. The van der Waals surface area contributed by atoms with Gasteiger partial charge in [0.25, 0.3) is 0 Å². The summed E-state index contributed by atoms with van der Waals surface area (Å²) in [6, 6.07) is 10.7.